The molecule has 0 fully saturated rings. The number of nitrogens with one attached hydrogen (secondary N) is 4. The molecule has 1 aromatic rings. The zero-order valence-corrected chi connectivity index (χ0v) is 24.1. The van der Waals surface area contributed by atoms with E-state index in [1.54, 1.807) is 38.1 Å². The highest BCUT2D eigenvalue weighted by Gasteiger charge is 2.24. The molecule has 1 atom stereocenters. The maximum Gasteiger partial charge on any atom is 0.302 e. The zero-order chi connectivity index (χ0) is 29.1. The molecule has 0 radical (unpaired) electrons. The van der Waals surface area contributed by atoms with Crippen LogP contribution in [0.5, 0.6) is 0 Å². The van der Waals surface area contributed by atoms with Gasteiger partial charge in [-0.25, -0.2) is 0 Å². The van der Waals surface area contributed by atoms with Crippen LogP contribution in [0.15, 0.2) is 24.3 Å². The molecule has 4 N–H and O–H groups in total. The summed E-state index contributed by atoms with van der Waals surface area (Å²) in [6.07, 6.45) is 1.36. The number of rotatable bonds is 14. The Kier molecular flexibility index (Phi) is 18.3. The summed E-state index contributed by atoms with van der Waals surface area (Å²) in [5, 5.41) is 10.5. The quantitative estimate of drug-likeness (QED) is 0.158. The molecule has 0 saturated heterocycles. The smallest absolute Gasteiger partial charge is 0.302 e. The molecule has 1 unspecified atom stereocenters. The van der Waals surface area contributed by atoms with Crippen LogP contribution < -0.4 is 21.3 Å². The largest absolute Gasteiger partial charge is 0.461 e. The van der Waals surface area contributed by atoms with Crippen molar-refractivity contribution in [2.75, 3.05) is 24.3 Å². The van der Waals surface area contributed by atoms with Crippen molar-refractivity contribution in [3.05, 3.63) is 29.8 Å². The lowest BCUT2D eigenvalue weighted by Crippen LogP contribution is -2.51. The lowest BCUT2D eigenvalue weighted by Gasteiger charge is -2.21. The molecule has 1 aromatic carbocycles. The third-order valence-corrected chi connectivity index (χ3v) is 4.89. The second-order valence-electron chi connectivity index (χ2n) is 9.71. The van der Waals surface area contributed by atoms with E-state index in [1.165, 1.54) is 6.92 Å². The van der Waals surface area contributed by atoms with Crippen LogP contribution in [-0.2, 0) is 35.3 Å². The van der Waals surface area contributed by atoms with Gasteiger partial charge < -0.3 is 26.0 Å². The maximum absolute atomic E-state index is 12.5. The number of anilines is 1. The van der Waals surface area contributed by atoms with Crippen LogP contribution in [0.1, 0.15) is 66.4 Å². The van der Waals surface area contributed by atoms with Crippen molar-refractivity contribution in [2.24, 2.45) is 11.8 Å². The molecular weight excluding hydrogens is 512 g/mol. The van der Waals surface area contributed by atoms with E-state index in [2.05, 4.69) is 42.0 Å². The Bertz CT molecular complexity index is 887. The van der Waals surface area contributed by atoms with Crippen molar-refractivity contribution in [2.45, 2.75) is 73.5 Å². The molecule has 0 aliphatic rings. The molecule has 0 aliphatic heterocycles. The van der Waals surface area contributed by atoms with Crippen molar-refractivity contribution in [1.29, 1.82) is 0 Å². The fourth-order valence-corrected chi connectivity index (χ4v) is 2.91. The molecule has 0 saturated carbocycles. The number of hydrogen-bond donors (Lipinski definition) is 4. The Morgan fingerprint density at radius 2 is 1.47 bits per heavy atom. The monoisotopic (exact) mass is 554 g/mol. The van der Waals surface area contributed by atoms with Crippen LogP contribution in [-0.4, -0.2) is 54.6 Å². The molecule has 1 rings (SSSR count). The first-order valence-electron chi connectivity index (χ1n) is 12.8. The molecular formula is C27H43ClN4O6. The highest BCUT2D eigenvalue weighted by Crippen LogP contribution is 2.10. The van der Waals surface area contributed by atoms with Gasteiger partial charge in [0.25, 0.3) is 0 Å². The molecule has 38 heavy (non-hydrogen) atoms. The highest BCUT2D eigenvalue weighted by atomic mass is 35.5. The maximum atomic E-state index is 12.5. The number of alkyl halides is 1. The van der Waals surface area contributed by atoms with Crippen molar-refractivity contribution in [3.63, 3.8) is 0 Å². The Morgan fingerprint density at radius 3 is 2.00 bits per heavy atom. The van der Waals surface area contributed by atoms with Gasteiger partial charge in [-0.1, -0.05) is 46.8 Å². The normalized spacial score (nSPS) is 11.1. The Labute approximate surface area is 231 Å². The molecule has 0 aromatic heterocycles. The van der Waals surface area contributed by atoms with Gasteiger partial charge in [-0.2, -0.15) is 0 Å². The van der Waals surface area contributed by atoms with E-state index in [0.29, 0.717) is 25.1 Å². The fourth-order valence-electron chi connectivity index (χ4n) is 2.82. The van der Waals surface area contributed by atoms with E-state index in [1.807, 2.05) is 0 Å². The topological polar surface area (TPSA) is 143 Å². The summed E-state index contributed by atoms with van der Waals surface area (Å²) in [5.41, 5.74) is 1.30. The van der Waals surface area contributed by atoms with Gasteiger partial charge in [0, 0.05) is 25.6 Å². The van der Waals surface area contributed by atoms with Gasteiger partial charge >= 0.3 is 5.97 Å². The SMILES string of the molecule is CC(=O)OCc1ccc(NC(=O)CNC(=O)C(NC(=O)CCCCNC(=O)CCl)C(C)C)cc1.CC(C)C. The number of halogens is 1. The summed E-state index contributed by atoms with van der Waals surface area (Å²) < 4.78 is 4.90. The number of carbonyl (C=O) groups is 5. The van der Waals surface area contributed by atoms with E-state index in [-0.39, 0.29) is 49.2 Å². The van der Waals surface area contributed by atoms with Crippen LogP contribution in [0.25, 0.3) is 0 Å². The van der Waals surface area contributed by atoms with Gasteiger partial charge in [0.15, 0.2) is 0 Å². The first-order chi connectivity index (χ1) is 17.8. The summed E-state index contributed by atoms with van der Waals surface area (Å²) in [5.74, 6) is -1.25. The Hall–Kier alpha value is -3.14. The summed E-state index contributed by atoms with van der Waals surface area (Å²) in [6, 6.07) is 5.98. The summed E-state index contributed by atoms with van der Waals surface area (Å²) >= 11 is 5.39. The molecule has 4 amide bonds. The van der Waals surface area contributed by atoms with E-state index < -0.39 is 17.9 Å². The summed E-state index contributed by atoms with van der Waals surface area (Å²) in [7, 11) is 0. The number of unbranched alkanes of at least 4 members (excludes halogenated alkanes) is 1. The molecule has 0 aliphatic carbocycles. The standard InChI is InChI=1S/C23H33ClN4O6.C4H10/c1-15(2)22(28-19(30)6-4-5-11-25-20(31)12-24)23(33)26-13-21(32)27-18-9-7-17(8-10-18)14-34-16(3)29;1-4(2)3/h7-10,15,22H,4-6,11-14H2,1-3H3,(H,25,31)(H,26,33)(H,27,32)(H,28,30);4H,1-3H3. The predicted molar refractivity (Wildman–Crippen MR) is 148 cm³/mol. The van der Waals surface area contributed by atoms with Gasteiger partial charge in [0.05, 0.1) is 6.54 Å². The second kappa shape index (κ2) is 19.9. The number of ether oxygens (including phenoxy) is 1. The van der Waals surface area contributed by atoms with E-state index in [0.717, 1.165) is 11.5 Å². The average molecular weight is 555 g/mol. The summed E-state index contributed by atoms with van der Waals surface area (Å²) in [4.78, 5) is 58.8. The average Bonchev–Trinajstić information content (AvgIpc) is 2.84. The minimum absolute atomic E-state index is 0.104. The van der Waals surface area contributed by atoms with Gasteiger partial charge in [-0.3, -0.25) is 24.0 Å². The van der Waals surface area contributed by atoms with Gasteiger partial charge in [0.1, 0.15) is 18.5 Å². The molecule has 0 bridgehead atoms. The van der Waals surface area contributed by atoms with Crippen molar-refractivity contribution < 1.29 is 28.7 Å². The first-order valence-corrected chi connectivity index (χ1v) is 13.3. The van der Waals surface area contributed by atoms with Crippen molar-refractivity contribution in [1.82, 2.24) is 16.0 Å². The minimum atomic E-state index is -0.781. The third-order valence-electron chi connectivity index (χ3n) is 4.64. The van der Waals surface area contributed by atoms with Crippen molar-refractivity contribution in [3.8, 4) is 0 Å². The van der Waals surface area contributed by atoms with E-state index in [4.69, 9.17) is 16.3 Å². The summed E-state index contributed by atoms with van der Waals surface area (Å²) in [6.45, 7) is 11.7. The highest BCUT2D eigenvalue weighted by molar-refractivity contribution is 6.27. The van der Waals surface area contributed by atoms with Crippen LogP contribution in [0.4, 0.5) is 5.69 Å². The predicted octanol–water partition coefficient (Wildman–Crippen LogP) is 3.13. The van der Waals surface area contributed by atoms with E-state index >= 15 is 0 Å². The van der Waals surface area contributed by atoms with Gasteiger partial charge in [0.2, 0.25) is 23.6 Å². The minimum Gasteiger partial charge on any atom is -0.461 e. The van der Waals surface area contributed by atoms with Crippen LogP contribution in [0.2, 0.25) is 0 Å². The van der Waals surface area contributed by atoms with E-state index in [9.17, 15) is 24.0 Å². The van der Waals surface area contributed by atoms with Gasteiger partial charge in [-0.05, 0) is 42.4 Å². The first kappa shape index (κ1) is 34.9. The molecule has 0 heterocycles. The number of esters is 1. The molecule has 10 nitrogen and oxygen atoms in total. The lowest BCUT2D eigenvalue weighted by molar-refractivity contribution is -0.142. The number of benzene rings is 1. The Balaban J connectivity index is 0.00000318. The number of amides is 4. The lowest BCUT2D eigenvalue weighted by atomic mass is 10.0. The van der Waals surface area contributed by atoms with Crippen LogP contribution >= 0.6 is 11.6 Å². The zero-order valence-electron chi connectivity index (χ0n) is 23.3. The van der Waals surface area contributed by atoms with Crippen molar-refractivity contribution >= 4 is 46.9 Å². The molecule has 214 valence electrons. The van der Waals surface area contributed by atoms with Gasteiger partial charge in [-0.15, -0.1) is 11.6 Å². The third kappa shape index (κ3) is 18.2. The molecule has 11 heteroatoms. The second-order valence-corrected chi connectivity index (χ2v) is 9.97. The number of hydrogen-bond acceptors (Lipinski definition) is 6. The Morgan fingerprint density at radius 1 is 0.868 bits per heavy atom. The molecule has 0 spiro atoms. The number of carbonyl (C=O) groups excluding carboxylic acids is 5. The van der Waals surface area contributed by atoms with Crippen LogP contribution in [0, 0.1) is 11.8 Å². The van der Waals surface area contributed by atoms with Crippen LogP contribution in [0.3, 0.4) is 0 Å². The fraction of sp³-hybridized carbons (Fsp3) is 0.593.